The third-order valence-electron chi connectivity index (χ3n) is 2.88. The molecule has 0 spiro atoms. The average molecular weight is 357 g/mol. The third kappa shape index (κ3) is 3.22. The number of carbonyl (C=O) groups excluding carboxylic acids is 1. The maximum Gasteiger partial charge on any atom is 0.272 e. The highest BCUT2D eigenvalue weighted by atomic mass is 79.9. The normalized spacial score (nSPS) is 10.9. The maximum absolute atomic E-state index is 12.3. The van der Waals surface area contributed by atoms with Crippen molar-refractivity contribution in [3.8, 4) is 0 Å². The zero-order chi connectivity index (χ0) is 14.9. The fourth-order valence-corrected chi connectivity index (χ4v) is 2.42. The van der Waals surface area contributed by atoms with E-state index >= 15 is 0 Å². The van der Waals surface area contributed by atoms with Gasteiger partial charge in [-0.2, -0.15) is 0 Å². The van der Waals surface area contributed by atoms with Crippen molar-refractivity contribution in [2.24, 2.45) is 0 Å². The van der Waals surface area contributed by atoms with Gasteiger partial charge in [0.15, 0.2) is 0 Å². The molecule has 0 fully saturated rings. The van der Waals surface area contributed by atoms with Crippen molar-refractivity contribution in [3.05, 3.63) is 45.4 Å². The minimum absolute atomic E-state index is 0.173. The molecule has 4 nitrogen and oxygen atoms in total. The summed E-state index contributed by atoms with van der Waals surface area (Å²) in [5.41, 5.74) is 2.05. The highest BCUT2D eigenvalue weighted by molar-refractivity contribution is 9.10. The minimum Gasteiger partial charge on any atom is -0.340 e. The highest BCUT2D eigenvalue weighted by Crippen LogP contribution is 2.21. The van der Waals surface area contributed by atoms with E-state index in [2.05, 4.69) is 26.2 Å². The van der Waals surface area contributed by atoms with Crippen molar-refractivity contribution < 1.29 is 4.79 Å². The van der Waals surface area contributed by atoms with Crippen LogP contribution in [0.5, 0.6) is 0 Å². The van der Waals surface area contributed by atoms with Gasteiger partial charge in [0.25, 0.3) is 5.91 Å². The number of carbonyl (C=O) groups is 1. The molecule has 0 bridgehead atoms. The average Bonchev–Trinajstić information content (AvgIpc) is 2.76. The second-order valence-corrected chi connectivity index (χ2v) is 6.10. The van der Waals surface area contributed by atoms with Gasteiger partial charge >= 0.3 is 0 Å². The lowest BCUT2D eigenvalue weighted by Crippen LogP contribution is -2.18. The summed E-state index contributed by atoms with van der Waals surface area (Å²) in [5.74, 6) is -0.173. The molecule has 6 heteroatoms. The zero-order valence-corrected chi connectivity index (χ0v) is 13.8. The van der Waals surface area contributed by atoms with E-state index in [9.17, 15) is 4.79 Å². The Morgan fingerprint density at radius 2 is 2.15 bits per heavy atom. The van der Waals surface area contributed by atoms with Crippen LogP contribution in [0.15, 0.2) is 29.0 Å². The number of anilines is 1. The molecule has 2 aromatic rings. The van der Waals surface area contributed by atoms with Crippen LogP contribution in [-0.2, 0) is 0 Å². The molecule has 1 amide bonds. The lowest BCUT2D eigenvalue weighted by molar-refractivity contribution is 0.101. The topological polar surface area (TPSA) is 46.9 Å². The largest absolute Gasteiger partial charge is 0.340 e. The van der Waals surface area contributed by atoms with Crippen LogP contribution >= 0.6 is 27.5 Å². The molecular formula is C14H15BrClN3O. The summed E-state index contributed by atoms with van der Waals surface area (Å²) >= 11 is 9.27. The smallest absolute Gasteiger partial charge is 0.272 e. The quantitative estimate of drug-likeness (QED) is 0.826. The van der Waals surface area contributed by atoms with E-state index in [-0.39, 0.29) is 11.9 Å². The minimum atomic E-state index is -0.173. The number of nitrogens with one attached hydrogen (secondary N) is 1. The first-order chi connectivity index (χ1) is 9.38. The Hall–Kier alpha value is -1.33. The summed E-state index contributed by atoms with van der Waals surface area (Å²) in [7, 11) is 0. The molecule has 0 aliphatic carbocycles. The predicted octanol–water partition coefficient (Wildman–Crippen LogP) is 4.44. The SMILES string of the molecule is Cc1cc(NC(=O)c2cc(Br)cn2C(C)C)cnc1Cl. The summed E-state index contributed by atoms with van der Waals surface area (Å²) in [6.45, 7) is 5.90. The van der Waals surface area contributed by atoms with E-state index in [1.54, 1.807) is 18.3 Å². The fourth-order valence-electron chi connectivity index (χ4n) is 1.88. The number of aromatic nitrogens is 2. The number of halogens is 2. The van der Waals surface area contributed by atoms with Gasteiger partial charge in [0.2, 0.25) is 0 Å². The molecule has 0 aliphatic heterocycles. The van der Waals surface area contributed by atoms with Crippen LogP contribution in [0.1, 0.15) is 35.9 Å². The first kappa shape index (κ1) is 15.1. The molecule has 0 atom stereocenters. The second kappa shape index (κ2) is 5.97. The Labute approximate surface area is 131 Å². The number of pyridine rings is 1. The summed E-state index contributed by atoms with van der Waals surface area (Å²) in [6.07, 6.45) is 3.44. The standard InChI is InChI=1S/C14H15BrClN3O/c1-8(2)19-7-10(15)5-12(19)14(20)18-11-4-9(3)13(16)17-6-11/h4-8H,1-3H3,(H,18,20). The van der Waals surface area contributed by atoms with Crippen molar-refractivity contribution in [3.63, 3.8) is 0 Å². The first-order valence-electron chi connectivity index (χ1n) is 6.19. The molecule has 0 aliphatic rings. The van der Waals surface area contributed by atoms with Crippen LogP contribution in [-0.4, -0.2) is 15.5 Å². The zero-order valence-electron chi connectivity index (χ0n) is 11.4. The molecule has 0 aromatic carbocycles. The van der Waals surface area contributed by atoms with Crippen molar-refractivity contribution in [2.45, 2.75) is 26.8 Å². The Morgan fingerprint density at radius 3 is 2.75 bits per heavy atom. The van der Waals surface area contributed by atoms with E-state index in [1.807, 2.05) is 31.5 Å². The molecule has 2 rings (SSSR count). The van der Waals surface area contributed by atoms with Gasteiger partial charge in [0.1, 0.15) is 10.8 Å². The van der Waals surface area contributed by atoms with Gasteiger partial charge in [-0.15, -0.1) is 0 Å². The Kier molecular flexibility index (Phi) is 4.50. The van der Waals surface area contributed by atoms with Gasteiger partial charge in [0, 0.05) is 16.7 Å². The molecule has 1 N–H and O–H groups in total. The lowest BCUT2D eigenvalue weighted by atomic mass is 10.3. The van der Waals surface area contributed by atoms with E-state index < -0.39 is 0 Å². The molecule has 2 heterocycles. The Bertz CT molecular complexity index is 652. The first-order valence-corrected chi connectivity index (χ1v) is 7.36. The van der Waals surface area contributed by atoms with E-state index in [4.69, 9.17) is 11.6 Å². The molecule has 106 valence electrons. The summed E-state index contributed by atoms with van der Waals surface area (Å²) in [6, 6.07) is 3.79. The molecule has 0 saturated carbocycles. The lowest BCUT2D eigenvalue weighted by Gasteiger charge is -2.13. The van der Waals surface area contributed by atoms with Crippen molar-refractivity contribution in [1.82, 2.24) is 9.55 Å². The van der Waals surface area contributed by atoms with Crippen LogP contribution in [0.4, 0.5) is 5.69 Å². The number of nitrogens with zero attached hydrogens (tertiary/aromatic N) is 2. The third-order valence-corrected chi connectivity index (χ3v) is 3.71. The molecular weight excluding hydrogens is 342 g/mol. The predicted molar refractivity (Wildman–Crippen MR) is 84.5 cm³/mol. The molecule has 0 saturated heterocycles. The summed E-state index contributed by atoms with van der Waals surface area (Å²) in [4.78, 5) is 16.4. The number of aryl methyl sites for hydroxylation is 1. The molecule has 0 unspecified atom stereocenters. The molecule has 2 aromatic heterocycles. The summed E-state index contributed by atoms with van der Waals surface area (Å²) < 4.78 is 2.79. The van der Waals surface area contributed by atoms with Gasteiger partial charge in [-0.25, -0.2) is 4.98 Å². The van der Waals surface area contributed by atoms with Gasteiger partial charge in [-0.1, -0.05) is 11.6 Å². The van der Waals surface area contributed by atoms with Crippen molar-refractivity contribution in [1.29, 1.82) is 0 Å². The van der Waals surface area contributed by atoms with Gasteiger partial charge in [-0.05, 0) is 54.4 Å². The van der Waals surface area contributed by atoms with Crippen LogP contribution < -0.4 is 5.32 Å². The maximum atomic E-state index is 12.3. The van der Waals surface area contributed by atoms with Gasteiger partial charge in [0.05, 0.1) is 11.9 Å². The highest BCUT2D eigenvalue weighted by Gasteiger charge is 2.15. The number of amides is 1. The molecule has 20 heavy (non-hydrogen) atoms. The van der Waals surface area contributed by atoms with Crippen molar-refractivity contribution in [2.75, 3.05) is 5.32 Å². The van der Waals surface area contributed by atoms with Crippen LogP contribution in [0.25, 0.3) is 0 Å². The van der Waals surface area contributed by atoms with E-state index in [1.165, 1.54) is 0 Å². The van der Waals surface area contributed by atoms with Gasteiger partial charge < -0.3 is 9.88 Å². The number of rotatable bonds is 3. The monoisotopic (exact) mass is 355 g/mol. The van der Waals surface area contributed by atoms with Crippen LogP contribution in [0.2, 0.25) is 5.15 Å². The van der Waals surface area contributed by atoms with Crippen molar-refractivity contribution >= 4 is 39.1 Å². The second-order valence-electron chi connectivity index (χ2n) is 4.83. The summed E-state index contributed by atoms with van der Waals surface area (Å²) in [5, 5.41) is 3.27. The number of hydrogen-bond donors (Lipinski definition) is 1. The van der Waals surface area contributed by atoms with Crippen LogP contribution in [0.3, 0.4) is 0 Å². The Balaban J connectivity index is 2.26. The molecule has 0 radical (unpaired) electrons. The van der Waals surface area contributed by atoms with E-state index in [0.29, 0.717) is 16.5 Å². The number of hydrogen-bond acceptors (Lipinski definition) is 2. The fraction of sp³-hybridized carbons (Fsp3) is 0.286. The van der Waals surface area contributed by atoms with Gasteiger partial charge in [-0.3, -0.25) is 4.79 Å². The van der Waals surface area contributed by atoms with Crippen LogP contribution in [0, 0.1) is 6.92 Å². The Morgan fingerprint density at radius 1 is 1.45 bits per heavy atom. The van der Waals surface area contributed by atoms with E-state index in [0.717, 1.165) is 10.0 Å².